The van der Waals surface area contributed by atoms with E-state index >= 15 is 0 Å². The summed E-state index contributed by atoms with van der Waals surface area (Å²) < 4.78 is 7.41. The molecule has 3 rings (SSSR count). The standard InChI is InChI=1S/C17H29N5O2/c1-20(17(23)13-15-14-24-12-6-18-15)16-3-8-21(9-4-16)10-11-22-7-2-5-19-22/h2,5,7,15-16,18H,3-4,6,8-14H2,1H3. The van der Waals surface area contributed by atoms with Crippen LogP contribution in [0, 0.1) is 0 Å². The van der Waals surface area contributed by atoms with Crippen LogP contribution in [0.3, 0.4) is 0 Å². The number of aromatic nitrogens is 2. The summed E-state index contributed by atoms with van der Waals surface area (Å²) in [6.07, 6.45) is 6.46. The van der Waals surface area contributed by atoms with E-state index in [0.717, 1.165) is 52.2 Å². The molecule has 2 aliphatic rings. The second-order valence-corrected chi connectivity index (χ2v) is 6.78. The van der Waals surface area contributed by atoms with Gasteiger partial charge in [0.2, 0.25) is 5.91 Å². The van der Waals surface area contributed by atoms with Crippen molar-refractivity contribution < 1.29 is 9.53 Å². The van der Waals surface area contributed by atoms with E-state index in [1.807, 2.05) is 35.1 Å². The maximum Gasteiger partial charge on any atom is 0.224 e. The Hall–Kier alpha value is -1.44. The van der Waals surface area contributed by atoms with Crippen molar-refractivity contribution in [3.05, 3.63) is 18.5 Å². The van der Waals surface area contributed by atoms with Gasteiger partial charge in [0.1, 0.15) is 0 Å². The van der Waals surface area contributed by atoms with Crippen molar-refractivity contribution in [1.82, 2.24) is 24.9 Å². The Morgan fingerprint density at radius 3 is 2.88 bits per heavy atom. The third-order valence-electron chi connectivity index (χ3n) is 5.12. The van der Waals surface area contributed by atoms with Crippen molar-refractivity contribution in [2.24, 2.45) is 0 Å². The Morgan fingerprint density at radius 2 is 2.21 bits per heavy atom. The molecule has 1 N–H and O–H groups in total. The molecular formula is C17H29N5O2. The Labute approximate surface area is 143 Å². The number of nitrogens with zero attached hydrogens (tertiary/aromatic N) is 4. The number of nitrogens with one attached hydrogen (secondary N) is 1. The quantitative estimate of drug-likeness (QED) is 0.804. The highest BCUT2D eigenvalue weighted by molar-refractivity contribution is 5.77. The van der Waals surface area contributed by atoms with Crippen LogP contribution < -0.4 is 5.32 Å². The van der Waals surface area contributed by atoms with Crippen LogP contribution in [-0.4, -0.2) is 84.0 Å². The average Bonchev–Trinajstić information content (AvgIpc) is 3.14. The van der Waals surface area contributed by atoms with Crippen molar-refractivity contribution >= 4 is 5.91 Å². The molecule has 0 spiro atoms. The molecule has 0 saturated carbocycles. The van der Waals surface area contributed by atoms with Crippen LogP contribution in [-0.2, 0) is 16.1 Å². The number of carbonyl (C=O) groups is 1. The fourth-order valence-electron chi connectivity index (χ4n) is 3.52. The fourth-order valence-corrected chi connectivity index (χ4v) is 3.52. The molecular weight excluding hydrogens is 306 g/mol. The number of hydrogen-bond donors (Lipinski definition) is 1. The molecule has 0 aliphatic carbocycles. The van der Waals surface area contributed by atoms with Gasteiger partial charge in [0.05, 0.1) is 19.8 Å². The molecule has 24 heavy (non-hydrogen) atoms. The molecule has 7 heteroatoms. The number of likely N-dealkylation sites (tertiary alicyclic amines) is 1. The van der Waals surface area contributed by atoms with Crippen molar-refractivity contribution in [2.75, 3.05) is 46.4 Å². The summed E-state index contributed by atoms with van der Waals surface area (Å²) in [6, 6.07) is 2.49. The minimum atomic E-state index is 0.169. The third kappa shape index (κ3) is 4.78. The van der Waals surface area contributed by atoms with Crippen LogP contribution in [0.2, 0.25) is 0 Å². The van der Waals surface area contributed by atoms with Crippen LogP contribution >= 0.6 is 0 Å². The molecule has 7 nitrogen and oxygen atoms in total. The van der Waals surface area contributed by atoms with Gasteiger partial charge in [-0.05, 0) is 18.9 Å². The lowest BCUT2D eigenvalue weighted by Gasteiger charge is -2.37. The zero-order valence-electron chi connectivity index (χ0n) is 14.6. The van der Waals surface area contributed by atoms with E-state index in [9.17, 15) is 4.79 Å². The second kappa shape index (κ2) is 8.60. The largest absolute Gasteiger partial charge is 0.378 e. The minimum absolute atomic E-state index is 0.169. The summed E-state index contributed by atoms with van der Waals surface area (Å²) in [5.41, 5.74) is 0. The highest BCUT2D eigenvalue weighted by Gasteiger charge is 2.27. The lowest BCUT2D eigenvalue weighted by molar-refractivity contribution is -0.134. The predicted molar refractivity (Wildman–Crippen MR) is 91.7 cm³/mol. The maximum absolute atomic E-state index is 12.5. The number of hydrogen-bond acceptors (Lipinski definition) is 5. The van der Waals surface area contributed by atoms with Gasteiger partial charge in [-0.1, -0.05) is 0 Å². The summed E-state index contributed by atoms with van der Waals surface area (Å²) in [5.74, 6) is 0.230. The summed E-state index contributed by atoms with van der Waals surface area (Å²) in [7, 11) is 1.95. The number of ether oxygens (including phenoxy) is 1. The van der Waals surface area contributed by atoms with Gasteiger partial charge in [0.15, 0.2) is 0 Å². The molecule has 0 aromatic carbocycles. The Morgan fingerprint density at radius 1 is 1.38 bits per heavy atom. The van der Waals surface area contributed by atoms with Crippen LogP contribution in [0.1, 0.15) is 19.3 Å². The topological polar surface area (TPSA) is 62.6 Å². The predicted octanol–water partition coefficient (Wildman–Crippen LogP) is 0.184. The van der Waals surface area contributed by atoms with Gasteiger partial charge < -0.3 is 19.9 Å². The van der Waals surface area contributed by atoms with Gasteiger partial charge in [-0.3, -0.25) is 9.48 Å². The molecule has 1 amide bonds. The Kier molecular flexibility index (Phi) is 6.23. The number of rotatable bonds is 6. The lowest BCUT2D eigenvalue weighted by atomic mass is 10.0. The molecule has 1 atom stereocenters. The first kappa shape index (κ1) is 17.4. The normalized spacial score (nSPS) is 23.3. The molecule has 1 aromatic rings. The molecule has 1 aromatic heterocycles. The lowest BCUT2D eigenvalue weighted by Crippen LogP contribution is -2.49. The summed E-state index contributed by atoms with van der Waals surface area (Å²) in [4.78, 5) is 16.9. The van der Waals surface area contributed by atoms with E-state index in [0.29, 0.717) is 19.1 Å². The Balaban J connectivity index is 1.37. The molecule has 0 radical (unpaired) electrons. The van der Waals surface area contributed by atoms with Crippen LogP contribution in [0.15, 0.2) is 18.5 Å². The van der Waals surface area contributed by atoms with E-state index in [1.165, 1.54) is 0 Å². The first-order valence-corrected chi connectivity index (χ1v) is 8.99. The zero-order valence-corrected chi connectivity index (χ0v) is 14.6. The molecule has 2 fully saturated rings. The number of piperidine rings is 1. The summed E-state index contributed by atoms with van der Waals surface area (Å²) in [5, 5.41) is 7.60. The van der Waals surface area contributed by atoms with Gasteiger partial charge in [-0.25, -0.2) is 0 Å². The molecule has 0 bridgehead atoms. The van der Waals surface area contributed by atoms with Crippen molar-refractivity contribution in [2.45, 2.75) is 37.9 Å². The molecule has 134 valence electrons. The fraction of sp³-hybridized carbons (Fsp3) is 0.765. The molecule has 2 saturated heterocycles. The van der Waals surface area contributed by atoms with E-state index in [1.54, 1.807) is 0 Å². The van der Waals surface area contributed by atoms with Gasteiger partial charge in [0, 0.05) is 64.1 Å². The highest BCUT2D eigenvalue weighted by atomic mass is 16.5. The molecule has 2 aliphatic heterocycles. The zero-order chi connectivity index (χ0) is 16.8. The Bertz CT molecular complexity index is 493. The van der Waals surface area contributed by atoms with Gasteiger partial charge >= 0.3 is 0 Å². The minimum Gasteiger partial charge on any atom is -0.378 e. The summed E-state index contributed by atoms with van der Waals surface area (Å²) >= 11 is 0. The van der Waals surface area contributed by atoms with E-state index in [4.69, 9.17) is 4.74 Å². The van der Waals surface area contributed by atoms with E-state index in [2.05, 4.69) is 15.3 Å². The first-order chi connectivity index (χ1) is 11.7. The number of morpholine rings is 1. The van der Waals surface area contributed by atoms with Crippen LogP contribution in [0.25, 0.3) is 0 Å². The monoisotopic (exact) mass is 335 g/mol. The number of carbonyl (C=O) groups excluding carboxylic acids is 1. The van der Waals surface area contributed by atoms with Gasteiger partial charge in [0.25, 0.3) is 0 Å². The second-order valence-electron chi connectivity index (χ2n) is 6.78. The molecule has 1 unspecified atom stereocenters. The highest BCUT2D eigenvalue weighted by Crippen LogP contribution is 2.17. The van der Waals surface area contributed by atoms with Gasteiger partial charge in [-0.2, -0.15) is 5.10 Å². The van der Waals surface area contributed by atoms with Crippen molar-refractivity contribution in [1.29, 1.82) is 0 Å². The summed E-state index contributed by atoms with van der Waals surface area (Å²) in [6.45, 7) is 6.29. The van der Waals surface area contributed by atoms with Crippen molar-refractivity contribution in [3.63, 3.8) is 0 Å². The van der Waals surface area contributed by atoms with Crippen LogP contribution in [0.5, 0.6) is 0 Å². The SMILES string of the molecule is CN(C(=O)CC1COCCN1)C1CCN(CCn2cccn2)CC1. The van der Waals surface area contributed by atoms with E-state index < -0.39 is 0 Å². The smallest absolute Gasteiger partial charge is 0.224 e. The van der Waals surface area contributed by atoms with Gasteiger partial charge in [-0.15, -0.1) is 0 Å². The third-order valence-corrected chi connectivity index (χ3v) is 5.12. The van der Waals surface area contributed by atoms with Crippen LogP contribution in [0.4, 0.5) is 0 Å². The van der Waals surface area contributed by atoms with E-state index in [-0.39, 0.29) is 11.9 Å². The van der Waals surface area contributed by atoms with Crippen molar-refractivity contribution in [3.8, 4) is 0 Å². The number of amides is 1. The average molecular weight is 335 g/mol. The first-order valence-electron chi connectivity index (χ1n) is 8.99. The molecule has 3 heterocycles. The maximum atomic E-state index is 12.5.